The van der Waals surface area contributed by atoms with Crippen LogP contribution in [0.25, 0.3) is 0 Å². The number of hydrogen-bond acceptors (Lipinski definition) is 3. The van der Waals surface area contributed by atoms with E-state index >= 15 is 0 Å². The first kappa shape index (κ1) is 12.8. The molecule has 1 aliphatic heterocycles. The largest absolute Gasteiger partial charge is 0.393 e. The van der Waals surface area contributed by atoms with Crippen molar-refractivity contribution in [2.75, 3.05) is 12.3 Å². The first-order valence-electron chi connectivity index (χ1n) is 5.30. The van der Waals surface area contributed by atoms with E-state index in [1.807, 2.05) is 6.92 Å². The van der Waals surface area contributed by atoms with Crippen LogP contribution in [0.5, 0.6) is 0 Å². The van der Waals surface area contributed by atoms with Gasteiger partial charge in [0.25, 0.3) is 0 Å². The van der Waals surface area contributed by atoms with E-state index in [1.54, 1.807) is 11.8 Å². The minimum absolute atomic E-state index is 0.0811. The molecule has 0 saturated carbocycles. The van der Waals surface area contributed by atoms with E-state index in [-0.39, 0.29) is 17.1 Å². The molecule has 2 unspecified atom stereocenters. The maximum absolute atomic E-state index is 11.7. The lowest BCUT2D eigenvalue weighted by Gasteiger charge is -2.21. The van der Waals surface area contributed by atoms with E-state index in [4.69, 9.17) is 18.0 Å². The second kappa shape index (κ2) is 6.33. The molecule has 15 heavy (non-hydrogen) atoms. The molecule has 86 valence electrons. The van der Waals surface area contributed by atoms with Gasteiger partial charge in [-0.15, -0.1) is 11.8 Å². The van der Waals surface area contributed by atoms with Gasteiger partial charge in [0.15, 0.2) is 0 Å². The molecule has 1 heterocycles. The molecule has 0 radical (unpaired) electrons. The number of thioether (sulfide) groups is 1. The summed E-state index contributed by atoms with van der Waals surface area (Å²) in [5.74, 6) is 1.32. The first-order chi connectivity index (χ1) is 7.11. The summed E-state index contributed by atoms with van der Waals surface area (Å²) in [5, 5.41) is 3.04. The zero-order chi connectivity index (χ0) is 11.3. The Kier molecular flexibility index (Phi) is 5.39. The van der Waals surface area contributed by atoms with Crippen molar-refractivity contribution in [3.05, 3.63) is 0 Å². The second-order valence-electron chi connectivity index (χ2n) is 3.90. The number of carbonyl (C=O) groups is 1. The molecule has 1 rings (SSSR count). The molecule has 0 aromatic heterocycles. The maximum Gasteiger partial charge on any atom is 0.233 e. The van der Waals surface area contributed by atoms with Gasteiger partial charge in [0, 0.05) is 12.5 Å². The van der Waals surface area contributed by atoms with Crippen LogP contribution in [0.3, 0.4) is 0 Å². The van der Waals surface area contributed by atoms with Crippen LogP contribution in [0.4, 0.5) is 0 Å². The Balaban J connectivity index is 2.25. The van der Waals surface area contributed by atoms with Gasteiger partial charge >= 0.3 is 0 Å². The van der Waals surface area contributed by atoms with Crippen LogP contribution in [-0.4, -0.2) is 28.4 Å². The highest BCUT2D eigenvalue weighted by molar-refractivity contribution is 8.00. The Hall–Kier alpha value is -0.290. The molecule has 0 aromatic rings. The standard InChI is InChI=1S/C10H18N2OS2/c1-7(9(11)14)6-12-10(13)8-4-2-3-5-15-8/h7-8H,2-6H2,1H3,(H2,11,14)(H,12,13). The van der Waals surface area contributed by atoms with Crippen molar-refractivity contribution < 1.29 is 4.79 Å². The van der Waals surface area contributed by atoms with Crippen LogP contribution in [-0.2, 0) is 4.79 Å². The molecule has 1 aliphatic rings. The third-order valence-electron chi connectivity index (χ3n) is 2.54. The van der Waals surface area contributed by atoms with Gasteiger partial charge in [-0.1, -0.05) is 25.6 Å². The van der Waals surface area contributed by atoms with E-state index < -0.39 is 0 Å². The van der Waals surface area contributed by atoms with Gasteiger partial charge in [-0.2, -0.15) is 0 Å². The zero-order valence-electron chi connectivity index (χ0n) is 8.99. The molecule has 3 nitrogen and oxygen atoms in total. The van der Waals surface area contributed by atoms with Gasteiger partial charge in [-0.25, -0.2) is 0 Å². The third kappa shape index (κ3) is 4.38. The van der Waals surface area contributed by atoms with Crippen LogP contribution in [0.1, 0.15) is 26.2 Å². The number of rotatable bonds is 4. The summed E-state index contributed by atoms with van der Waals surface area (Å²) < 4.78 is 0. The molecular weight excluding hydrogens is 228 g/mol. The number of nitrogens with two attached hydrogens (primary N) is 1. The molecule has 5 heteroatoms. The van der Waals surface area contributed by atoms with Crippen LogP contribution in [0.2, 0.25) is 0 Å². The molecular formula is C10H18N2OS2. The van der Waals surface area contributed by atoms with Crippen molar-refractivity contribution in [2.24, 2.45) is 11.7 Å². The Morgan fingerprint density at radius 3 is 2.93 bits per heavy atom. The molecule has 1 amide bonds. The second-order valence-corrected chi connectivity index (χ2v) is 5.69. The predicted molar refractivity (Wildman–Crippen MR) is 69.1 cm³/mol. The summed E-state index contributed by atoms with van der Waals surface area (Å²) in [6.45, 7) is 2.49. The number of amides is 1. The summed E-state index contributed by atoms with van der Waals surface area (Å²) in [7, 11) is 0. The molecule has 0 bridgehead atoms. The normalized spacial score (nSPS) is 23.1. The van der Waals surface area contributed by atoms with Crippen LogP contribution >= 0.6 is 24.0 Å². The van der Waals surface area contributed by atoms with Crippen molar-refractivity contribution in [2.45, 2.75) is 31.4 Å². The lowest BCUT2D eigenvalue weighted by Crippen LogP contribution is -2.39. The van der Waals surface area contributed by atoms with E-state index in [9.17, 15) is 4.79 Å². The summed E-state index contributed by atoms with van der Waals surface area (Å²) in [5.41, 5.74) is 5.48. The fourth-order valence-electron chi connectivity index (χ4n) is 1.42. The molecule has 0 spiro atoms. The van der Waals surface area contributed by atoms with Gasteiger partial charge in [0.2, 0.25) is 5.91 Å². The SMILES string of the molecule is CC(CNC(=O)C1CCCCS1)C(N)=S. The Labute approximate surface area is 101 Å². The van der Waals surface area contributed by atoms with Gasteiger partial charge in [-0.3, -0.25) is 4.79 Å². The van der Waals surface area contributed by atoms with Crippen molar-refractivity contribution in [3.63, 3.8) is 0 Å². The number of nitrogens with one attached hydrogen (secondary N) is 1. The van der Waals surface area contributed by atoms with Crippen molar-refractivity contribution in [1.82, 2.24) is 5.32 Å². The zero-order valence-corrected chi connectivity index (χ0v) is 10.6. The molecule has 1 saturated heterocycles. The summed E-state index contributed by atoms with van der Waals surface area (Å²) >= 11 is 6.60. The van der Waals surface area contributed by atoms with Crippen LogP contribution in [0, 0.1) is 5.92 Å². The van der Waals surface area contributed by atoms with E-state index in [2.05, 4.69) is 5.32 Å². The van der Waals surface area contributed by atoms with E-state index in [1.165, 1.54) is 6.42 Å². The third-order valence-corrected chi connectivity index (χ3v) is 4.32. The Morgan fingerprint density at radius 2 is 2.40 bits per heavy atom. The average Bonchev–Trinajstić information content (AvgIpc) is 2.26. The van der Waals surface area contributed by atoms with Crippen molar-refractivity contribution in [1.29, 1.82) is 0 Å². The fourth-order valence-corrected chi connectivity index (χ4v) is 2.72. The number of thiocarbonyl (C=S) groups is 1. The molecule has 3 N–H and O–H groups in total. The van der Waals surface area contributed by atoms with E-state index in [0.29, 0.717) is 11.5 Å². The summed E-state index contributed by atoms with van der Waals surface area (Å²) in [6, 6.07) is 0. The summed E-state index contributed by atoms with van der Waals surface area (Å²) in [4.78, 5) is 12.2. The maximum atomic E-state index is 11.7. The molecule has 0 aromatic carbocycles. The molecule has 1 fully saturated rings. The number of carbonyl (C=O) groups excluding carboxylic acids is 1. The van der Waals surface area contributed by atoms with Gasteiger partial charge in [-0.05, 0) is 18.6 Å². The summed E-state index contributed by atoms with van der Waals surface area (Å²) in [6.07, 6.45) is 3.39. The van der Waals surface area contributed by atoms with Crippen LogP contribution in [0.15, 0.2) is 0 Å². The smallest absolute Gasteiger partial charge is 0.233 e. The topological polar surface area (TPSA) is 55.1 Å². The van der Waals surface area contributed by atoms with Gasteiger partial charge in [0.05, 0.1) is 10.2 Å². The minimum atomic E-state index is 0.0811. The highest BCUT2D eigenvalue weighted by Crippen LogP contribution is 2.24. The number of hydrogen-bond donors (Lipinski definition) is 2. The van der Waals surface area contributed by atoms with Crippen LogP contribution < -0.4 is 11.1 Å². The quantitative estimate of drug-likeness (QED) is 0.734. The Bertz CT molecular complexity index is 240. The molecule has 2 atom stereocenters. The van der Waals surface area contributed by atoms with Gasteiger partial charge in [0.1, 0.15) is 0 Å². The lowest BCUT2D eigenvalue weighted by molar-refractivity contribution is -0.120. The first-order valence-corrected chi connectivity index (χ1v) is 6.75. The lowest BCUT2D eigenvalue weighted by atomic mass is 10.1. The van der Waals surface area contributed by atoms with Crippen molar-refractivity contribution >= 4 is 34.9 Å². The minimum Gasteiger partial charge on any atom is -0.393 e. The highest BCUT2D eigenvalue weighted by Gasteiger charge is 2.21. The van der Waals surface area contributed by atoms with E-state index in [0.717, 1.165) is 18.6 Å². The van der Waals surface area contributed by atoms with Gasteiger partial charge < -0.3 is 11.1 Å². The predicted octanol–water partition coefficient (Wildman–Crippen LogP) is 1.31. The highest BCUT2D eigenvalue weighted by atomic mass is 32.2. The monoisotopic (exact) mass is 246 g/mol. The average molecular weight is 246 g/mol. The van der Waals surface area contributed by atoms with Crippen molar-refractivity contribution in [3.8, 4) is 0 Å². The fraction of sp³-hybridized carbons (Fsp3) is 0.800. The Morgan fingerprint density at radius 1 is 1.67 bits per heavy atom. The molecule has 0 aliphatic carbocycles.